The molecule has 0 amide bonds. The molecule has 0 spiro atoms. The van der Waals surface area contributed by atoms with Gasteiger partial charge in [0, 0.05) is 17.5 Å². The van der Waals surface area contributed by atoms with E-state index >= 15 is 0 Å². The number of Topliss-reactive ketones (excluding diaryl/α,β-unsaturated/α-hetero) is 1. The van der Waals surface area contributed by atoms with Gasteiger partial charge in [-0.15, -0.1) is 0 Å². The second kappa shape index (κ2) is 6.97. The third kappa shape index (κ3) is 3.58. The molecule has 1 unspecified atom stereocenters. The van der Waals surface area contributed by atoms with Gasteiger partial charge in [0.25, 0.3) is 0 Å². The van der Waals surface area contributed by atoms with Crippen molar-refractivity contribution >= 4 is 29.0 Å². The maximum absolute atomic E-state index is 12.6. The van der Waals surface area contributed by atoms with Gasteiger partial charge in [-0.1, -0.05) is 60.5 Å². The molecule has 0 aliphatic rings. The van der Waals surface area contributed by atoms with Crippen LogP contribution in [0.25, 0.3) is 0 Å². The number of carbonyl (C=O) groups excluding carboxylic acids is 1. The first-order valence-electron chi connectivity index (χ1n) is 6.75. The quantitative estimate of drug-likeness (QED) is 0.691. The summed E-state index contributed by atoms with van der Waals surface area (Å²) < 4.78 is 5.37. The molecule has 0 aliphatic heterocycles. The van der Waals surface area contributed by atoms with E-state index in [9.17, 15) is 4.79 Å². The van der Waals surface area contributed by atoms with Gasteiger partial charge in [0.05, 0.1) is 16.7 Å². The number of hydrogen-bond donors (Lipinski definition) is 0. The zero-order valence-electron chi connectivity index (χ0n) is 11.9. The Morgan fingerprint density at radius 1 is 1.14 bits per heavy atom. The van der Waals surface area contributed by atoms with Gasteiger partial charge in [-0.3, -0.25) is 4.79 Å². The lowest BCUT2D eigenvalue weighted by Gasteiger charge is -2.14. The van der Waals surface area contributed by atoms with Crippen molar-refractivity contribution in [2.75, 3.05) is 6.61 Å². The van der Waals surface area contributed by atoms with Crippen molar-refractivity contribution in [1.29, 1.82) is 0 Å². The Morgan fingerprint density at radius 2 is 1.81 bits per heavy atom. The van der Waals surface area contributed by atoms with E-state index in [2.05, 4.69) is 0 Å². The first-order chi connectivity index (χ1) is 10.0. The van der Waals surface area contributed by atoms with Gasteiger partial charge in [0.1, 0.15) is 5.75 Å². The molecule has 2 nitrogen and oxygen atoms in total. The Bertz CT molecular complexity index is 639. The molecule has 2 aromatic carbocycles. The second-order valence-electron chi connectivity index (χ2n) is 4.69. The summed E-state index contributed by atoms with van der Waals surface area (Å²) in [6.07, 6.45) is 0. The first-order valence-corrected chi connectivity index (χ1v) is 7.51. The van der Waals surface area contributed by atoms with E-state index in [1.54, 1.807) is 12.1 Å². The molecule has 110 valence electrons. The van der Waals surface area contributed by atoms with Crippen molar-refractivity contribution in [3.05, 3.63) is 63.6 Å². The largest absolute Gasteiger partial charge is 0.492 e. The normalized spacial score (nSPS) is 12.0. The number of rotatable bonds is 5. The number of ether oxygens (including phenoxy) is 1. The molecule has 2 aromatic rings. The maximum Gasteiger partial charge on any atom is 0.171 e. The molecule has 1 atom stereocenters. The number of halogens is 2. The SMILES string of the molecule is CCOc1cc(Cl)c(C(=O)C(C)c2ccccc2)cc1Cl. The van der Waals surface area contributed by atoms with Gasteiger partial charge in [-0.25, -0.2) is 0 Å². The summed E-state index contributed by atoms with van der Waals surface area (Å²) in [5.74, 6) is 0.155. The van der Waals surface area contributed by atoms with Crippen LogP contribution in [-0.4, -0.2) is 12.4 Å². The molecule has 4 heteroatoms. The van der Waals surface area contributed by atoms with E-state index in [0.717, 1.165) is 5.56 Å². The molecule has 0 aromatic heterocycles. The van der Waals surface area contributed by atoms with E-state index in [0.29, 0.717) is 28.0 Å². The molecule has 0 aliphatic carbocycles. The summed E-state index contributed by atoms with van der Waals surface area (Å²) in [6.45, 7) is 4.21. The fourth-order valence-corrected chi connectivity index (χ4v) is 2.57. The minimum Gasteiger partial charge on any atom is -0.492 e. The Morgan fingerprint density at radius 3 is 2.43 bits per heavy atom. The van der Waals surface area contributed by atoms with Gasteiger partial charge in [-0.05, 0) is 18.6 Å². The fourth-order valence-electron chi connectivity index (χ4n) is 2.11. The topological polar surface area (TPSA) is 26.3 Å². The van der Waals surface area contributed by atoms with Crippen molar-refractivity contribution in [1.82, 2.24) is 0 Å². The molecule has 2 rings (SSSR count). The van der Waals surface area contributed by atoms with Gasteiger partial charge in [-0.2, -0.15) is 0 Å². The van der Waals surface area contributed by atoms with Crippen molar-refractivity contribution in [2.45, 2.75) is 19.8 Å². The highest BCUT2D eigenvalue weighted by atomic mass is 35.5. The lowest BCUT2D eigenvalue weighted by molar-refractivity contribution is 0.0966. The van der Waals surface area contributed by atoms with Crippen LogP contribution in [0.4, 0.5) is 0 Å². The molecule has 0 N–H and O–H groups in total. The van der Waals surface area contributed by atoms with E-state index in [-0.39, 0.29) is 11.7 Å². The number of benzene rings is 2. The molecule has 0 saturated carbocycles. The summed E-state index contributed by atoms with van der Waals surface area (Å²) in [4.78, 5) is 12.6. The highest BCUT2D eigenvalue weighted by molar-refractivity contribution is 6.37. The lowest BCUT2D eigenvalue weighted by Crippen LogP contribution is -2.10. The molecule has 0 bridgehead atoms. The Balaban J connectivity index is 2.33. The first kappa shape index (κ1) is 15.9. The Kier molecular flexibility index (Phi) is 5.27. The molecule has 0 heterocycles. The standard InChI is InChI=1S/C17H16Cl2O2/c1-3-21-16-10-14(18)13(9-15(16)19)17(20)11(2)12-7-5-4-6-8-12/h4-11H,3H2,1-2H3. The van der Waals surface area contributed by atoms with Crippen LogP contribution < -0.4 is 4.74 Å². The van der Waals surface area contributed by atoms with Crippen LogP contribution in [0.3, 0.4) is 0 Å². The molecular formula is C17H16Cl2O2. The Hall–Kier alpha value is -1.51. The van der Waals surface area contributed by atoms with Gasteiger partial charge >= 0.3 is 0 Å². The van der Waals surface area contributed by atoms with E-state index < -0.39 is 0 Å². The van der Waals surface area contributed by atoms with Crippen LogP contribution in [-0.2, 0) is 0 Å². The van der Waals surface area contributed by atoms with Gasteiger partial charge in [0.15, 0.2) is 5.78 Å². The van der Waals surface area contributed by atoms with Crippen LogP contribution >= 0.6 is 23.2 Å². The number of carbonyl (C=O) groups is 1. The lowest BCUT2D eigenvalue weighted by atomic mass is 9.92. The number of ketones is 1. The van der Waals surface area contributed by atoms with Crippen LogP contribution in [0.1, 0.15) is 35.7 Å². The van der Waals surface area contributed by atoms with Gasteiger partial charge < -0.3 is 4.74 Å². The molecule has 0 radical (unpaired) electrons. The Labute approximate surface area is 134 Å². The predicted molar refractivity (Wildman–Crippen MR) is 86.8 cm³/mol. The van der Waals surface area contributed by atoms with Crippen molar-refractivity contribution in [3.8, 4) is 5.75 Å². The predicted octanol–water partition coefficient (Wildman–Crippen LogP) is 5.38. The summed E-state index contributed by atoms with van der Waals surface area (Å²) in [5.41, 5.74) is 1.37. The summed E-state index contributed by atoms with van der Waals surface area (Å²) in [5, 5.41) is 0.750. The third-order valence-corrected chi connectivity index (χ3v) is 3.89. The van der Waals surface area contributed by atoms with Crippen molar-refractivity contribution in [2.24, 2.45) is 0 Å². The fraction of sp³-hybridized carbons (Fsp3) is 0.235. The summed E-state index contributed by atoms with van der Waals surface area (Å²) in [6, 6.07) is 12.8. The number of hydrogen-bond acceptors (Lipinski definition) is 2. The molecule has 0 saturated heterocycles. The van der Waals surface area contributed by atoms with Crippen LogP contribution in [0.15, 0.2) is 42.5 Å². The van der Waals surface area contributed by atoms with Crippen molar-refractivity contribution < 1.29 is 9.53 Å². The zero-order chi connectivity index (χ0) is 15.4. The van der Waals surface area contributed by atoms with Gasteiger partial charge in [0.2, 0.25) is 0 Å². The molecule has 21 heavy (non-hydrogen) atoms. The van der Waals surface area contributed by atoms with E-state index in [4.69, 9.17) is 27.9 Å². The average Bonchev–Trinajstić information content (AvgIpc) is 2.50. The summed E-state index contributed by atoms with van der Waals surface area (Å²) >= 11 is 12.3. The average molecular weight is 323 g/mol. The minimum atomic E-state index is -0.280. The zero-order valence-corrected chi connectivity index (χ0v) is 13.4. The van der Waals surface area contributed by atoms with Crippen LogP contribution in [0.2, 0.25) is 10.0 Å². The smallest absolute Gasteiger partial charge is 0.171 e. The monoisotopic (exact) mass is 322 g/mol. The second-order valence-corrected chi connectivity index (χ2v) is 5.51. The highest BCUT2D eigenvalue weighted by Crippen LogP contribution is 2.33. The van der Waals surface area contributed by atoms with Crippen LogP contribution in [0.5, 0.6) is 5.75 Å². The third-order valence-electron chi connectivity index (χ3n) is 3.28. The minimum absolute atomic E-state index is 0.0591. The van der Waals surface area contributed by atoms with Crippen molar-refractivity contribution in [3.63, 3.8) is 0 Å². The van der Waals surface area contributed by atoms with Crippen LogP contribution in [0, 0.1) is 0 Å². The van der Waals surface area contributed by atoms with E-state index in [1.165, 1.54) is 0 Å². The maximum atomic E-state index is 12.6. The van der Waals surface area contributed by atoms with E-state index in [1.807, 2.05) is 44.2 Å². The summed E-state index contributed by atoms with van der Waals surface area (Å²) in [7, 11) is 0. The highest BCUT2D eigenvalue weighted by Gasteiger charge is 2.21. The molecular weight excluding hydrogens is 307 g/mol. The molecule has 0 fully saturated rings.